The molecule has 1 N–H and O–H groups in total. The van der Waals surface area contributed by atoms with Crippen LogP contribution in [0.2, 0.25) is 0 Å². The number of allylic oxidation sites excluding steroid dienone is 2. The summed E-state index contributed by atoms with van der Waals surface area (Å²) in [4.78, 5) is 28.4. The van der Waals surface area contributed by atoms with Crippen molar-refractivity contribution in [2.75, 3.05) is 6.61 Å². The predicted molar refractivity (Wildman–Crippen MR) is 216 cm³/mol. The van der Waals surface area contributed by atoms with E-state index >= 15 is 0 Å². The molecule has 9 atom stereocenters. The van der Waals surface area contributed by atoms with E-state index in [0.717, 1.165) is 70.6 Å². The Kier molecular flexibility index (Phi) is 13.7. The summed E-state index contributed by atoms with van der Waals surface area (Å²) in [6.45, 7) is 19.3. The second-order valence-electron chi connectivity index (χ2n) is 21.1. The number of aliphatic hydroxyl groups excluding tert-OH is 1. The third-order valence-electron chi connectivity index (χ3n) is 17.3. The maximum atomic E-state index is 14.6. The lowest BCUT2D eigenvalue weighted by Gasteiger charge is -2.70. The zero-order chi connectivity index (χ0) is 37.8. The summed E-state index contributed by atoms with van der Waals surface area (Å²) in [5.41, 5.74) is 0.546. The zero-order valence-corrected chi connectivity index (χ0v) is 35.4. The Hall–Kier alpha value is -1.16. The van der Waals surface area contributed by atoms with Crippen molar-refractivity contribution in [1.82, 2.24) is 0 Å². The van der Waals surface area contributed by atoms with Crippen molar-refractivity contribution in [2.24, 2.45) is 50.2 Å². The van der Waals surface area contributed by atoms with Crippen molar-refractivity contribution in [3.05, 3.63) is 11.6 Å². The van der Waals surface area contributed by atoms with Crippen molar-refractivity contribution in [2.45, 2.75) is 222 Å². The standard InChI is InChI=1S/C48H82O4/c1-9-10-11-12-13-14-15-16-17-18-19-20-21-22-23-24-33-52-42(51)45(5)30-29-44(4)31-32-47(7)36(37(44)35-45)34-38(49)41-46(6)27-26-40(50)43(2,3)39(46)25-28-48(41,47)8/h34,37,39-41,50H,9-33,35H2,1-8H3/t37-,39?,40+,41-,44-,45+,46+,47-,48-/m1/s1. The number of hydrogen-bond acceptors (Lipinski definition) is 4. The lowest BCUT2D eigenvalue weighted by molar-refractivity contribution is -0.202. The topological polar surface area (TPSA) is 63.6 Å². The molecule has 0 spiro atoms. The van der Waals surface area contributed by atoms with E-state index in [1.54, 1.807) is 0 Å². The van der Waals surface area contributed by atoms with E-state index in [1.165, 1.54) is 95.5 Å². The van der Waals surface area contributed by atoms with E-state index < -0.39 is 5.41 Å². The molecule has 0 aromatic carbocycles. The average Bonchev–Trinajstić information content (AvgIpc) is 3.09. The van der Waals surface area contributed by atoms with Crippen LogP contribution in [0.25, 0.3) is 0 Å². The van der Waals surface area contributed by atoms with Crippen LogP contribution in [0.1, 0.15) is 216 Å². The van der Waals surface area contributed by atoms with Gasteiger partial charge in [0.25, 0.3) is 0 Å². The SMILES string of the molecule is CCCCCCCCCCCCCCCCCCOC(=O)[C@@]1(C)CC[C@]2(C)CC[C@]3(C)C(=CC(=O)[C@@H]4[C@@]5(C)CC[C@H](O)C(C)(C)C5CC[C@]43C)[C@H]2C1. The number of hydrogen-bond donors (Lipinski definition) is 1. The zero-order valence-electron chi connectivity index (χ0n) is 35.4. The van der Waals surface area contributed by atoms with Gasteiger partial charge in [0.1, 0.15) is 0 Å². The molecule has 5 rings (SSSR count). The summed E-state index contributed by atoms with van der Waals surface area (Å²) in [7, 11) is 0. The van der Waals surface area contributed by atoms with Crippen LogP contribution in [0.15, 0.2) is 11.6 Å². The smallest absolute Gasteiger partial charge is 0.311 e. The maximum Gasteiger partial charge on any atom is 0.311 e. The van der Waals surface area contributed by atoms with Gasteiger partial charge in [-0.2, -0.15) is 0 Å². The number of rotatable bonds is 18. The lowest BCUT2D eigenvalue weighted by Crippen LogP contribution is -2.66. The molecule has 4 fully saturated rings. The molecule has 4 nitrogen and oxygen atoms in total. The molecule has 0 aromatic rings. The minimum Gasteiger partial charge on any atom is -0.465 e. The van der Waals surface area contributed by atoms with Crippen LogP contribution in [-0.4, -0.2) is 29.6 Å². The van der Waals surface area contributed by atoms with Crippen LogP contribution in [-0.2, 0) is 14.3 Å². The Morgan fingerprint density at radius 3 is 1.83 bits per heavy atom. The first-order valence-electron chi connectivity index (χ1n) is 22.7. The average molecular weight is 723 g/mol. The van der Waals surface area contributed by atoms with Gasteiger partial charge in [0.15, 0.2) is 5.78 Å². The van der Waals surface area contributed by atoms with Crippen molar-refractivity contribution in [3.63, 3.8) is 0 Å². The van der Waals surface area contributed by atoms with Crippen LogP contribution in [0.3, 0.4) is 0 Å². The number of carbonyl (C=O) groups excluding carboxylic acids is 2. The monoisotopic (exact) mass is 723 g/mol. The molecule has 4 saturated carbocycles. The molecule has 298 valence electrons. The Morgan fingerprint density at radius 2 is 1.25 bits per heavy atom. The second-order valence-corrected chi connectivity index (χ2v) is 21.1. The molecule has 5 aliphatic carbocycles. The van der Waals surface area contributed by atoms with E-state index in [9.17, 15) is 14.7 Å². The van der Waals surface area contributed by atoms with E-state index in [4.69, 9.17) is 4.74 Å². The molecule has 0 amide bonds. The lowest BCUT2D eigenvalue weighted by atomic mass is 9.33. The Bertz CT molecular complexity index is 1250. The third kappa shape index (κ3) is 8.05. The molecule has 0 bridgehead atoms. The predicted octanol–water partition coefficient (Wildman–Crippen LogP) is 13.1. The van der Waals surface area contributed by atoms with E-state index in [2.05, 4.69) is 61.5 Å². The van der Waals surface area contributed by atoms with Gasteiger partial charge in [-0.15, -0.1) is 0 Å². The summed E-state index contributed by atoms with van der Waals surface area (Å²) in [5, 5.41) is 11.0. The number of esters is 1. The van der Waals surface area contributed by atoms with Crippen LogP contribution in [0.4, 0.5) is 0 Å². The Morgan fingerprint density at radius 1 is 0.712 bits per heavy atom. The van der Waals surface area contributed by atoms with Crippen molar-refractivity contribution >= 4 is 11.8 Å². The largest absolute Gasteiger partial charge is 0.465 e. The van der Waals surface area contributed by atoms with E-state index in [1.807, 2.05) is 0 Å². The molecule has 0 heterocycles. The molecule has 0 aromatic heterocycles. The highest BCUT2D eigenvalue weighted by Gasteiger charge is 2.70. The van der Waals surface area contributed by atoms with Gasteiger partial charge in [0.05, 0.1) is 18.1 Å². The third-order valence-corrected chi connectivity index (χ3v) is 17.3. The first-order chi connectivity index (χ1) is 24.6. The van der Waals surface area contributed by atoms with Crippen LogP contribution >= 0.6 is 0 Å². The molecule has 0 saturated heterocycles. The fourth-order valence-electron chi connectivity index (χ4n) is 13.3. The van der Waals surface area contributed by atoms with Crippen molar-refractivity contribution in [1.29, 1.82) is 0 Å². The molecule has 52 heavy (non-hydrogen) atoms. The highest BCUT2D eigenvalue weighted by Crippen LogP contribution is 2.75. The summed E-state index contributed by atoms with van der Waals surface area (Å²) in [6.07, 6.45) is 32.1. The second kappa shape index (κ2) is 16.9. The normalized spacial score (nSPS) is 39.5. The summed E-state index contributed by atoms with van der Waals surface area (Å²) < 4.78 is 6.06. The number of ether oxygens (including phenoxy) is 1. The number of unbranched alkanes of at least 4 members (excludes halogenated alkanes) is 15. The fraction of sp³-hybridized carbons (Fsp3) is 0.917. The van der Waals surface area contributed by atoms with Crippen LogP contribution in [0.5, 0.6) is 0 Å². The summed E-state index contributed by atoms with van der Waals surface area (Å²) in [6, 6.07) is 0. The van der Waals surface area contributed by atoms with E-state index in [0.29, 0.717) is 18.3 Å². The first kappa shape index (κ1) is 42.0. The Labute approximate surface area is 320 Å². The quantitative estimate of drug-likeness (QED) is 0.113. The molecular weight excluding hydrogens is 641 g/mol. The van der Waals surface area contributed by atoms with Crippen molar-refractivity contribution in [3.8, 4) is 0 Å². The molecule has 4 heteroatoms. The molecule has 0 radical (unpaired) electrons. The van der Waals surface area contributed by atoms with Gasteiger partial charge in [-0.3, -0.25) is 9.59 Å². The van der Waals surface area contributed by atoms with Gasteiger partial charge < -0.3 is 9.84 Å². The minimum absolute atomic E-state index is 0.00868. The molecule has 5 aliphatic rings. The van der Waals surface area contributed by atoms with Gasteiger partial charge in [0, 0.05) is 5.92 Å². The highest BCUT2D eigenvalue weighted by atomic mass is 16.5. The molecular formula is C48H82O4. The maximum absolute atomic E-state index is 14.6. The fourth-order valence-corrected chi connectivity index (χ4v) is 13.3. The summed E-state index contributed by atoms with van der Waals surface area (Å²) >= 11 is 0. The minimum atomic E-state index is -0.494. The van der Waals surface area contributed by atoms with Crippen molar-refractivity contribution < 1.29 is 19.4 Å². The number of fused-ring (bicyclic) bond motifs is 7. The Balaban J connectivity index is 1.10. The van der Waals surface area contributed by atoms with Gasteiger partial charge in [-0.05, 0) is 116 Å². The van der Waals surface area contributed by atoms with E-state index in [-0.39, 0.29) is 51.0 Å². The van der Waals surface area contributed by atoms with Crippen LogP contribution < -0.4 is 0 Å². The number of carbonyl (C=O) groups is 2. The first-order valence-corrected chi connectivity index (χ1v) is 22.7. The van der Waals surface area contributed by atoms with Gasteiger partial charge in [-0.25, -0.2) is 0 Å². The number of aliphatic hydroxyl groups is 1. The van der Waals surface area contributed by atoms with Gasteiger partial charge >= 0.3 is 5.97 Å². The molecule has 0 aliphatic heterocycles. The van der Waals surface area contributed by atoms with Gasteiger partial charge in [0.2, 0.25) is 0 Å². The molecule has 1 unspecified atom stereocenters. The number of ketones is 1. The summed E-state index contributed by atoms with van der Waals surface area (Å²) in [5.74, 6) is 0.899. The van der Waals surface area contributed by atoms with Gasteiger partial charge in [-0.1, -0.05) is 150 Å². The van der Waals surface area contributed by atoms with Crippen LogP contribution in [0, 0.1) is 50.2 Å². The highest BCUT2D eigenvalue weighted by molar-refractivity contribution is 5.95.